The summed E-state index contributed by atoms with van der Waals surface area (Å²) < 4.78 is 2.09. The third-order valence-corrected chi connectivity index (χ3v) is 3.16. The van der Waals surface area contributed by atoms with Crippen LogP contribution in [0.2, 0.25) is 0 Å². The molecule has 1 aromatic heterocycles. The topological polar surface area (TPSA) is 43.8 Å². The molecule has 0 saturated carbocycles. The fraction of sp³-hybridized carbons (Fsp3) is 0.438. The van der Waals surface area contributed by atoms with Crippen LogP contribution in [0.25, 0.3) is 0 Å². The first kappa shape index (κ1) is 13.7. The summed E-state index contributed by atoms with van der Waals surface area (Å²) in [4.78, 5) is 4.63. The van der Waals surface area contributed by atoms with Crippen LogP contribution in [0.1, 0.15) is 37.9 Å². The highest BCUT2D eigenvalue weighted by Crippen LogP contribution is 2.25. The van der Waals surface area contributed by atoms with Gasteiger partial charge in [-0.2, -0.15) is 0 Å². The van der Waals surface area contributed by atoms with Gasteiger partial charge in [0.25, 0.3) is 0 Å². The van der Waals surface area contributed by atoms with E-state index < -0.39 is 0 Å². The van der Waals surface area contributed by atoms with Crippen molar-refractivity contribution in [2.45, 2.75) is 40.7 Å². The zero-order valence-corrected chi connectivity index (χ0v) is 12.3. The van der Waals surface area contributed by atoms with Crippen LogP contribution in [0, 0.1) is 12.3 Å². The number of anilines is 1. The van der Waals surface area contributed by atoms with Crippen LogP contribution in [0.4, 0.5) is 5.82 Å². The molecule has 0 bridgehead atoms. The molecular formula is C16H23N3. The molecule has 0 atom stereocenters. The predicted octanol–water partition coefficient (Wildman–Crippen LogP) is 3.41. The van der Waals surface area contributed by atoms with Gasteiger partial charge in [0.15, 0.2) is 0 Å². The Morgan fingerprint density at radius 2 is 1.79 bits per heavy atom. The minimum absolute atomic E-state index is 0.201. The quantitative estimate of drug-likeness (QED) is 0.915. The average molecular weight is 257 g/mol. The Labute approximate surface area is 115 Å². The fourth-order valence-electron chi connectivity index (χ4n) is 2.24. The molecule has 1 heterocycles. The molecule has 2 N–H and O–H groups in total. The molecule has 1 aromatic carbocycles. The molecule has 3 nitrogen and oxygen atoms in total. The van der Waals surface area contributed by atoms with Crippen LogP contribution >= 0.6 is 0 Å². The van der Waals surface area contributed by atoms with E-state index in [0.717, 1.165) is 30.3 Å². The molecule has 0 aliphatic rings. The Hall–Kier alpha value is -1.77. The average Bonchev–Trinajstić information content (AvgIpc) is 2.56. The van der Waals surface area contributed by atoms with E-state index in [2.05, 4.69) is 42.5 Å². The summed E-state index contributed by atoms with van der Waals surface area (Å²) in [5.74, 6) is 1.79. The van der Waals surface area contributed by atoms with Crippen LogP contribution < -0.4 is 5.73 Å². The van der Waals surface area contributed by atoms with Gasteiger partial charge in [0.2, 0.25) is 0 Å². The van der Waals surface area contributed by atoms with Gasteiger partial charge in [0, 0.05) is 0 Å². The Balaban J connectivity index is 2.27. The van der Waals surface area contributed by atoms with E-state index in [-0.39, 0.29) is 5.41 Å². The lowest BCUT2D eigenvalue weighted by atomic mass is 9.90. The van der Waals surface area contributed by atoms with Gasteiger partial charge >= 0.3 is 0 Å². The Bertz CT molecular complexity index is 547. The molecule has 0 spiro atoms. The third-order valence-electron chi connectivity index (χ3n) is 3.16. The van der Waals surface area contributed by atoms with E-state index >= 15 is 0 Å². The van der Waals surface area contributed by atoms with Crippen molar-refractivity contribution in [3.8, 4) is 0 Å². The molecule has 3 heteroatoms. The first-order valence-electron chi connectivity index (χ1n) is 6.72. The van der Waals surface area contributed by atoms with Crippen LogP contribution in [-0.4, -0.2) is 9.55 Å². The minimum Gasteiger partial charge on any atom is -0.384 e. The lowest BCUT2D eigenvalue weighted by Gasteiger charge is -2.16. The normalized spacial score (nSPS) is 11.8. The number of benzene rings is 1. The number of nitrogen functional groups attached to an aromatic ring is 1. The summed E-state index contributed by atoms with van der Waals surface area (Å²) in [5.41, 5.74) is 8.72. The maximum atomic E-state index is 6.26. The molecule has 0 radical (unpaired) electrons. The van der Waals surface area contributed by atoms with Gasteiger partial charge in [0.05, 0.1) is 12.2 Å². The zero-order chi connectivity index (χ0) is 14.0. The summed E-state index contributed by atoms with van der Waals surface area (Å²) in [6, 6.07) is 10.4. The van der Waals surface area contributed by atoms with Crippen molar-refractivity contribution < 1.29 is 0 Å². The largest absolute Gasteiger partial charge is 0.384 e. The van der Waals surface area contributed by atoms with Gasteiger partial charge < -0.3 is 10.3 Å². The summed E-state index contributed by atoms with van der Waals surface area (Å²) >= 11 is 0. The fourth-order valence-corrected chi connectivity index (χ4v) is 2.24. The molecule has 2 aromatic rings. The molecule has 0 amide bonds. The second-order valence-electron chi connectivity index (χ2n) is 6.30. The number of hydrogen-bond acceptors (Lipinski definition) is 2. The summed E-state index contributed by atoms with van der Waals surface area (Å²) in [6.45, 7) is 9.43. The lowest BCUT2D eigenvalue weighted by Crippen LogP contribution is -2.12. The van der Waals surface area contributed by atoms with Crippen LogP contribution in [-0.2, 0) is 13.0 Å². The van der Waals surface area contributed by atoms with Gasteiger partial charge in [-0.3, -0.25) is 0 Å². The van der Waals surface area contributed by atoms with E-state index in [0.29, 0.717) is 0 Å². The lowest BCUT2D eigenvalue weighted by molar-refractivity contribution is 0.407. The van der Waals surface area contributed by atoms with E-state index in [4.69, 9.17) is 5.73 Å². The molecule has 0 saturated heterocycles. The van der Waals surface area contributed by atoms with Crippen LogP contribution in [0.5, 0.6) is 0 Å². The third kappa shape index (κ3) is 3.37. The Morgan fingerprint density at radius 3 is 2.37 bits per heavy atom. The Morgan fingerprint density at radius 1 is 1.16 bits per heavy atom. The standard InChI is InChI=1S/C16H23N3/c1-12-18-14(10-16(2,3)4)15(17)19(12)11-13-8-6-5-7-9-13/h5-9H,10-11,17H2,1-4H3. The summed E-state index contributed by atoms with van der Waals surface area (Å²) in [7, 11) is 0. The second kappa shape index (κ2) is 5.08. The molecule has 19 heavy (non-hydrogen) atoms. The maximum absolute atomic E-state index is 6.26. The highest BCUT2D eigenvalue weighted by Gasteiger charge is 2.18. The molecule has 2 rings (SSSR count). The second-order valence-corrected chi connectivity index (χ2v) is 6.30. The molecule has 0 aliphatic heterocycles. The molecular weight excluding hydrogens is 234 g/mol. The van der Waals surface area contributed by atoms with Crippen molar-refractivity contribution in [1.82, 2.24) is 9.55 Å². The van der Waals surface area contributed by atoms with Gasteiger partial charge in [-0.05, 0) is 24.3 Å². The van der Waals surface area contributed by atoms with Gasteiger partial charge in [-0.15, -0.1) is 0 Å². The number of aromatic nitrogens is 2. The summed E-state index contributed by atoms with van der Waals surface area (Å²) in [5, 5.41) is 0. The van der Waals surface area contributed by atoms with E-state index in [1.54, 1.807) is 0 Å². The number of nitrogens with two attached hydrogens (primary N) is 1. The molecule has 0 unspecified atom stereocenters. The van der Waals surface area contributed by atoms with E-state index in [1.165, 1.54) is 5.56 Å². The smallest absolute Gasteiger partial charge is 0.127 e. The van der Waals surface area contributed by atoms with E-state index in [1.807, 2.05) is 25.1 Å². The van der Waals surface area contributed by atoms with E-state index in [9.17, 15) is 0 Å². The van der Waals surface area contributed by atoms with Crippen molar-refractivity contribution in [3.05, 3.63) is 47.4 Å². The number of nitrogens with zero attached hydrogens (tertiary/aromatic N) is 2. The first-order valence-corrected chi connectivity index (χ1v) is 6.72. The van der Waals surface area contributed by atoms with Gasteiger partial charge in [-0.25, -0.2) is 4.98 Å². The zero-order valence-electron chi connectivity index (χ0n) is 12.3. The predicted molar refractivity (Wildman–Crippen MR) is 80.1 cm³/mol. The van der Waals surface area contributed by atoms with Crippen molar-refractivity contribution in [2.24, 2.45) is 5.41 Å². The maximum Gasteiger partial charge on any atom is 0.127 e. The molecule has 0 fully saturated rings. The number of rotatable bonds is 3. The van der Waals surface area contributed by atoms with Crippen LogP contribution in [0.3, 0.4) is 0 Å². The van der Waals surface area contributed by atoms with Crippen molar-refractivity contribution in [3.63, 3.8) is 0 Å². The number of aryl methyl sites for hydroxylation is 1. The first-order chi connectivity index (χ1) is 8.87. The highest BCUT2D eigenvalue weighted by atomic mass is 15.1. The monoisotopic (exact) mass is 257 g/mol. The van der Waals surface area contributed by atoms with Crippen molar-refractivity contribution >= 4 is 5.82 Å². The highest BCUT2D eigenvalue weighted by molar-refractivity contribution is 5.39. The minimum atomic E-state index is 0.201. The molecule has 0 aliphatic carbocycles. The number of imidazole rings is 1. The Kier molecular flexibility index (Phi) is 3.65. The van der Waals surface area contributed by atoms with Crippen molar-refractivity contribution in [1.29, 1.82) is 0 Å². The van der Waals surface area contributed by atoms with Gasteiger partial charge in [-0.1, -0.05) is 51.1 Å². The summed E-state index contributed by atoms with van der Waals surface area (Å²) in [6.07, 6.45) is 0.904. The number of hydrogen-bond donors (Lipinski definition) is 1. The molecule has 102 valence electrons. The van der Waals surface area contributed by atoms with Crippen LogP contribution in [0.15, 0.2) is 30.3 Å². The van der Waals surface area contributed by atoms with Crippen molar-refractivity contribution in [2.75, 3.05) is 5.73 Å². The SMILES string of the molecule is Cc1nc(CC(C)(C)C)c(N)n1Cc1ccccc1. The van der Waals surface area contributed by atoms with Gasteiger partial charge in [0.1, 0.15) is 11.6 Å².